The fraction of sp³-hybridized carbons (Fsp3) is 0.526. The average Bonchev–Trinajstić information content (AvgIpc) is 3.04. The molecule has 2 aliphatic carbocycles. The first-order valence-corrected chi connectivity index (χ1v) is 8.84. The monoisotopic (exact) mass is 382 g/mol. The van der Waals surface area contributed by atoms with E-state index < -0.39 is 17.7 Å². The van der Waals surface area contributed by atoms with Gasteiger partial charge in [0.15, 0.2) is 11.6 Å². The number of methoxy groups -OCH3 is 1. The zero-order chi connectivity index (χ0) is 19.8. The van der Waals surface area contributed by atoms with Gasteiger partial charge in [0.1, 0.15) is 5.69 Å². The molecule has 2 aliphatic rings. The lowest BCUT2D eigenvalue weighted by Gasteiger charge is -2.26. The Balaban J connectivity index is 1.99. The smallest absolute Gasteiger partial charge is 0.385 e. The summed E-state index contributed by atoms with van der Waals surface area (Å²) in [6.45, 7) is 2.21. The predicted octanol–water partition coefficient (Wildman–Crippen LogP) is 3.08. The number of nitrogens with one attached hydrogen (secondary N) is 1. The fourth-order valence-corrected chi connectivity index (χ4v) is 3.87. The van der Waals surface area contributed by atoms with Crippen molar-refractivity contribution >= 4 is 11.6 Å². The highest BCUT2D eigenvalue weighted by atomic mass is 19.4. The number of fused-ring (bicyclic) bond motifs is 2. The van der Waals surface area contributed by atoms with E-state index in [2.05, 4.69) is 10.3 Å². The maximum Gasteiger partial charge on any atom is 0.433 e. The summed E-state index contributed by atoms with van der Waals surface area (Å²) in [5, 5.41) is 3.15. The number of halogens is 3. The third-order valence-electron chi connectivity index (χ3n) is 5.20. The number of aromatic nitrogens is 1. The second-order valence-electron chi connectivity index (χ2n) is 6.94. The maximum absolute atomic E-state index is 13.1. The summed E-state index contributed by atoms with van der Waals surface area (Å²) in [7, 11) is 1.55. The van der Waals surface area contributed by atoms with Crippen molar-refractivity contribution in [3.63, 3.8) is 0 Å². The van der Waals surface area contributed by atoms with Crippen LogP contribution in [0.15, 0.2) is 23.4 Å². The number of rotatable bonds is 6. The molecule has 2 bridgehead atoms. The van der Waals surface area contributed by atoms with E-state index in [4.69, 9.17) is 4.74 Å². The highest BCUT2D eigenvalue weighted by Crippen LogP contribution is 2.43. The lowest BCUT2D eigenvalue weighted by atomic mass is 9.82. The number of hydrogen-bond acceptors (Lipinski definition) is 5. The number of alkyl halides is 3. The van der Waals surface area contributed by atoms with Gasteiger partial charge in [0.05, 0.1) is 12.2 Å². The molecule has 0 spiro atoms. The number of aryl methyl sites for hydroxylation is 1. The molecule has 146 valence electrons. The Labute approximate surface area is 155 Å². The van der Waals surface area contributed by atoms with Gasteiger partial charge in [-0.05, 0) is 38.3 Å². The molecule has 0 amide bonds. The number of Topliss-reactive ketones (excluding diaryl/α,β-unsaturated/α-hetero) is 2. The molecule has 27 heavy (non-hydrogen) atoms. The van der Waals surface area contributed by atoms with E-state index >= 15 is 0 Å². The van der Waals surface area contributed by atoms with Gasteiger partial charge in [0, 0.05) is 42.4 Å². The first-order chi connectivity index (χ1) is 12.7. The molecule has 2 atom stereocenters. The Morgan fingerprint density at radius 1 is 1.30 bits per heavy atom. The molecule has 5 nitrogen and oxygen atoms in total. The minimum absolute atomic E-state index is 0.0266. The van der Waals surface area contributed by atoms with E-state index in [-0.39, 0.29) is 34.4 Å². The number of pyridine rings is 1. The van der Waals surface area contributed by atoms with E-state index in [1.165, 1.54) is 6.92 Å². The Bertz CT molecular complexity index is 802. The van der Waals surface area contributed by atoms with Gasteiger partial charge in [-0.1, -0.05) is 0 Å². The van der Waals surface area contributed by atoms with Gasteiger partial charge < -0.3 is 10.1 Å². The third-order valence-corrected chi connectivity index (χ3v) is 5.20. The van der Waals surface area contributed by atoms with Gasteiger partial charge in [-0.2, -0.15) is 13.2 Å². The van der Waals surface area contributed by atoms with Crippen molar-refractivity contribution in [2.75, 3.05) is 20.3 Å². The van der Waals surface area contributed by atoms with Crippen LogP contribution in [0.2, 0.25) is 0 Å². The van der Waals surface area contributed by atoms with Gasteiger partial charge in [-0.15, -0.1) is 0 Å². The third kappa shape index (κ3) is 3.76. The van der Waals surface area contributed by atoms with Gasteiger partial charge in [-0.25, -0.2) is 4.98 Å². The SMILES string of the molecule is COCCNC1=C(C(=O)c2ccc(C(F)(F)F)nc2C)C(=O)C2CCC1C2. The van der Waals surface area contributed by atoms with Crippen LogP contribution < -0.4 is 5.32 Å². The molecule has 0 saturated heterocycles. The Morgan fingerprint density at radius 2 is 2.00 bits per heavy atom. The van der Waals surface area contributed by atoms with Crippen molar-refractivity contribution in [2.24, 2.45) is 11.8 Å². The molecule has 2 unspecified atom stereocenters. The molecule has 1 saturated carbocycles. The summed E-state index contributed by atoms with van der Waals surface area (Å²) in [6, 6.07) is 1.89. The topological polar surface area (TPSA) is 68.3 Å². The van der Waals surface area contributed by atoms with Crippen molar-refractivity contribution < 1.29 is 27.5 Å². The van der Waals surface area contributed by atoms with E-state index in [1.54, 1.807) is 7.11 Å². The molecule has 0 radical (unpaired) electrons. The van der Waals surface area contributed by atoms with Crippen LogP contribution >= 0.6 is 0 Å². The quantitative estimate of drug-likeness (QED) is 0.465. The van der Waals surface area contributed by atoms with E-state index in [0.29, 0.717) is 25.3 Å². The number of ether oxygens (including phenoxy) is 1. The Morgan fingerprint density at radius 3 is 2.63 bits per heavy atom. The maximum atomic E-state index is 13.1. The second-order valence-corrected chi connectivity index (χ2v) is 6.94. The van der Waals surface area contributed by atoms with Crippen LogP contribution in [0.5, 0.6) is 0 Å². The Kier molecular flexibility index (Phi) is 5.37. The van der Waals surface area contributed by atoms with Gasteiger partial charge >= 0.3 is 6.18 Å². The summed E-state index contributed by atoms with van der Waals surface area (Å²) < 4.78 is 43.5. The van der Waals surface area contributed by atoms with Crippen LogP contribution in [0, 0.1) is 18.8 Å². The van der Waals surface area contributed by atoms with Crippen molar-refractivity contribution in [1.82, 2.24) is 10.3 Å². The highest BCUT2D eigenvalue weighted by molar-refractivity contribution is 6.28. The van der Waals surface area contributed by atoms with E-state index in [0.717, 1.165) is 25.0 Å². The van der Waals surface area contributed by atoms with Gasteiger partial charge in [0.25, 0.3) is 0 Å². The second kappa shape index (κ2) is 7.42. The first-order valence-electron chi connectivity index (χ1n) is 8.84. The fourth-order valence-electron chi connectivity index (χ4n) is 3.87. The number of hydrogen-bond donors (Lipinski definition) is 1. The highest BCUT2D eigenvalue weighted by Gasteiger charge is 2.43. The van der Waals surface area contributed by atoms with E-state index in [9.17, 15) is 22.8 Å². The molecule has 0 aliphatic heterocycles. The molecule has 1 heterocycles. The number of carbonyl (C=O) groups excluding carboxylic acids is 2. The van der Waals surface area contributed by atoms with E-state index in [1.807, 2.05) is 0 Å². The van der Waals surface area contributed by atoms with Crippen LogP contribution in [-0.4, -0.2) is 36.8 Å². The predicted molar refractivity (Wildman–Crippen MR) is 91.0 cm³/mol. The lowest BCUT2D eigenvalue weighted by Crippen LogP contribution is -2.34. The number of nitrogens with zero attached hydrogens (tertiary/aromatic N) is 1. The van der Waals surface area contributed by atoms with Gasteiger partial charge in [-0.3, -0.25) is 9.59 Å². The number of ketones is 2. The molecule has 1 aromatic rings. The average molecular weight is 382 g/mol. The minimum atomic E-state index is -4.59. The van der Waals surface area contributed by atoms with Crippen molar-refractivity contribution in [3.05, 3.63) is 40.4 Å². The molecule has 8 heteroatoms. The largest absolute Gasteiger partial charge is 0.433 e. The number of carbonyl (C=O) groups is 2. The van der Waals surface area contributed by atoms with Crippen LogP contribution in [0.1, 0.15) is 41.0 Å². The van der Waals surface area contributed by atoms with Crippen molar-refractivity contribution in [3.8, 4) is 0 Å². The summed E-state index contributed by atoms with van der Waals surface area (Å²) in [6.07, 6.45) is -2.35. The molecule has 1 aromatic heterocycles. The molecular formula is C19H21F3N2O3. The van der Waals surface area contributed by atoms with Gasteiger partial charge in [0.2, 0.25) is 0 Å². The molecular weight excluding hydrogens is 361 g/mol. The molecule has 3 rings (SSSR count). The van der Waals surface area contributed by atoms with Crippen LogP contribution in [0.3, 0.4) is 0 Å². The normalized spacial score (nSPS) is 22.3. The molecule has 1 fully saturated rings. The zero-order valence-electron chi connectivity index (χ0n) is 15.2. The molecule has 0 aromatic carbocycles. The van der Waals surface area contributed by atoms with Crippen LogP contribution in [-0.2, 0) is 15.7 Å². The lowest BCUT2D eigenvalue weighted by molar-refractivity contribution is -0.141. The van der Waals surface area contributed by atoms with Crippen LogP contribution in [0.4, 0.5) is 13.2 Å². The minimum Gasteiger partial charge on any atom is -0.385 e. The summed E-state index contributed by atoms with van der Waals surface area (Å²) in [5.74, 6) is -0.890. The number of allylic oxidation sites excluding steroid dienone is 2. The first kappa shape index (κ1) is 19.5. The zero-order valence-corrected chi connectivity index (χ0v) is 15.2. The van der Waals surface area contributed by atoms with Crippen LogP contribution in [0.25, 0.3) is 0 Å². The molecule has 1 N–H and O–H groups in total. The summed E-state index contributed by atoms with van der Waals surface area (Å²) >= 11 is 0. The Hall–Kier alpha value is -2.22. The standard InChI is InChI=1S/C19H21F3N2O3/c1-10-13(5-6-14(24-10)19(20,21)22)18(26)15-16(23-7-8-27-2)11-3-4-12(9-11)17(15)25/h5-6,11-12,23H,3-4,7-9H2,1-2H3. The summed E-state index contributed by atoms with van der Waals surface area (Å²) in [5.41, 5.74) is -0.411. The summed E-state index contributed by atoms with van der Waals surface area (Å²) in [4.78, 5) is 29.4. The van der Waals surface area contributed by atoms with Crippen molar-refractivity contribution in [1.29, 1.82) is 0 Å². The van der Waals surface area contributed by atoms with Crippen molar-refractivity contribution in [2.45, 2.75) is 32.4 Å².